The van der Waals surface area contributed by atoms with Crippen LogP contribution >= 0.6 is 11.8 Å². The van der Waals surface area contributed by atoms with Gasteiger partial charge in [0.2, 0.25) is 5.91 Å². The van der Waals surface area contributed by atoms with Gasteiger partial charge < -0.3 is 10.0 Å². The molecular formula is C16H17FN2O5S2. The highest BCUT2D eigenvalue weighted by Gasteiger charge is 2.49. The van der Waals surface area contributed by atoms with E-state index in [2.05, 4.69) is 4.99 Å². The molecule has 1 aromatic carbocycles. The summed E-state index contributed by atoms with van der Waals surface area (Å²) in [6.45, 7) is 0. The van der Waals surface area contributed by atoms with E-state index in [1.54, 1.807) is 11.0 Å². The molecule has 1 amide bonds. The fraction of sp³-hybridized carbons (Fsp3) is 0.438. The van der Waals surface area contributed by atoms with Gasteiger partial charge in [-0.25, -0.2) is 12.8 Å². The van der Waals surface area contributed by atoms with Crippen molar-refractivity contribution in [1.29, 1.82) is 0 Å². The maximum absolute atomic E-state index is 13.6. The second-order valence-electron chi connectivity index (χ2n) is 6.19. The lowest BCUT2D eigenvalue weighted by atomic mass is 10.2. The number of aliphatic imine (C=N–C) groups is 1. The van der Waals surface area contributed by atoms with Crippen molar-refractivity contribution < 1.29 is 27.5 Å². The summed E-state index contributed by atoms with van der Waals surface area (Å²) in [5.74, 6) is -2.02. The van der Waals surface area contributed by atoms with Crippen LogP contribution in [0.5, 0.6) is 0 Å². The monoisotopic (exact) mass is 400 g/mol. The molecule has 26 heavy (non-hydrogen) atoms. The Hall–Kier alpha value is -1.94. The van der Waals surface area contributed by atoms with Crippen LogP contribution in [0, 0.1) is 5.82 Å². The Balaban J connectivity index is 1.85. The first-order chi connectivity index (χ1) is 12.2. The third-order valence-corrected chi connectivity index (χ3v) is 7.36. The molecule has 10 heteroatoms. The molecule has 0 unspecified atom stereocenters. The maximum Gasteiger partial charge on any atom is 0.303 e. The van der Waals surface area contributed by atoms with Gasteiger partial charge >= 0.3 is 5.97 Å². The summed E-state index contributed by atoms with van der Waals surface area (Å²) < 4.78 is 37.5. The van der Waals surface area contributed by atoms with Crippen LogP contribution in [0.1, 0.15) is 19.3 Å². The smallest absolute Gasteiger partial charge is 0.303 e. The summed E-state index contributed by atoms with van der Waals surface area (Å²) in [7, 11) is -3.19. The van der Waals surface area contributed by atoms with Crippen molar-refractivity contribution in [2.45, 2.75) is 30.6 Å². The van der Waals surface area contributed by atoms with Crippen LogP contribution in [-0.4, -0.2) is 53.4 Å². The largest absolute Gasteiger partial charge is 0.481 e. The average Bonchev–Trinajstić information content (AvgIpc) is 2.97. The lowest BCUT2D eigenvalue weighted by Gasteiger charge is -2.24. The normalized spacial score (nSPS) is 25.4. The van der Waals surface area contributed by atoms with E-state index in [-0.39, 0.29) is 36.0 Å². The van der Waals surface area contributed by atoms with Crippen LogP contribution in [0.4, 0.5) is 10.1 Å². The highest BCUT2D eigenvalue weighted by Crippen LogP contribution is 2.41. The SMILES string of the molecule is O=C(O)CCCC(=O)N=C1S[C@H]2CS(=O)(=O)C[C@@H]2N1c1cccc(F)c1. The summed E-state index contributed by atoms with van der Waals surface area (Å²) in [6, 6.07) is 5.30. The number of hydrogen-bond acceptors (Lipinski definition) is 5. The van der Waals surface area contributed by atoms with Crippen molar-refractivity contribution in [2.24, 2.45) is 4.99 Å². The number of amides is 1. The Kier molecular flexibility index (Phi) is 5.33. The van der Waals surface area contributed by atoms with Crippen LogP contribution in [0.15, 0.2) is 29.3 Å². The number of hydrogen-bond donors (Lipinski definition) is 1. The number of amidine groups is 1. The fourth-order valence-electron chi connectivity index (χ4n) is 3.05. The van der Waals surface area contributed by atoms with Crippen molar-refractivity contribution in [3.8, 4) is 0 Å². The van der Waals surface area contributed by atoms with Crippen molar-refractivity contribution >= 4 is 44.3 Å². The number of anilines is 1. The van der Waals surface area contributed by atoms with Gasteiger partial charge in [0.1, 0.15) is 5.82 Å². The minimum absolute atomic E-state index is 0.0129. The van der Waals surface area contributed by atoms with E-state index in [1.165, 1.54) is 30.0 Å². The third-order valence-electron chi connectivity index (χ3n) is 4.15. The summed E-state index contributed by atoms with van der Waals surface area (Å²) in [5.41, 5.74) is 0.444. The second-order valence-corrected chi connectivity index (χ2v) is 9.55. The van der Waals surface area contributed by atoms with Crippen LogP contribution in [0.2, 0.25) is 0 Å². The predicted octanol–water partition coefficient (Wildman–Crippen LogP) is 1.68. The number of halogens is 1. The van der Waals surface area contributed by atoms with E-state index in [4.69, 9.17) is 5.11 Å². The highest BCUT2D eigenvalue weighted by molar-refractivity contribution is 8.16. The summed E-state index contributed by atoms with van der Waals surface area (Å²) in [4.78, 5) is 28.3. The summed E-state index contributed by atoms with van der Waals surface area (Å²) >= 11 is 1.20. The van der Waals surface area contributed by atoms with E-state index >= 15 is 0 Å². The van der Waals surface area contributed by atoms with Crippen molar-refractivity contribution in [1.82, 2.24) is 0 Å². The molecule has 2 heterocycles. The van der Waals surface area contributed by atoms with Gasteiger partial charge in [-0.3, -0.25) is 9.59 Å². The molecule has 0 spiro atoms. The third kappa shape index (κ3) is 4.24. The first kappa shape index (κ1) is 18.8. The fourth-order valence-corrected chi connectivity index (χ4v) is 6.98. The Labute approximate surface area is 154 Å². The number of fused-ring (bicyclic) bond motifs is 1. The number of carbonyl (C=O) groups is 2. The maximum atomic E-state index is 13.6. The van der Waals surface area contributed by atoms with Crippen molar-refractivity contribution in [3.63, 3.8) is 0 Å². The van der Waals surface area contributed by atoms with Gasteiger partial charge in [-0.1, -0.05) is 17.8 Å². The van der Waals surface area contributed by atoms with E-state index in [9.17, 15) is 22.4 Å². The zero-order valence-corrected chi connectivity index (χ0v) is 15.3. The molecule has 0 aliphatic carbocycles. The number of nitrogens with zero attached hydrogens (tertiary/aromatic N) is 2. The quantitative estimate of drug-likeness (QED) is 0.802. The summed E-state index contributed by atoms with van der Waals surface area (Å²) in [6.07, 6.45) is 0.0403. The number of aliphatic carboxylic acids is 1. The number of carboxylic acid groups (broad SMARTS) is 1. The van der Waals surface area contributed by atoms with Crippen LogP contribution in [0.25, 0.3) is 0 Å². The molecule has 0 aromatic heterocycles. The lowest BCUT2D eigenvalue weighted by Crippen LogP contribution is -2.37. The van der Waals surface area contributed by atoms with E-state index < -0.39 is 33.6 Å². The van der Waals surface area contributed by atoms with Crippen molar-refractivity contribution in [2.75, 3.05) is 16.4 Å². The van der Waals surface area contributed by atoms with Gasteiger partial charge in [0.05, 0.1) is 17.5 Å². The number of rotatable bonds is 5. The summed E-state index contributed by atoms with van der Waals surface area (Å²) in [5, 5.41) is 8.70. The van der Waals surface area contributed by atoms with E-state index in [0.29, 0.717) is 10.9 Å². The molecular weight excluding hydrogens is 383 g/mol. The van der Waals surface area contributed by atoms with Crippen LogP contribution in [0.3, 0.4) is 0 Å². The Morgan fingerprint density at radius 1 is 1.31 bits per heavy atom. The van der Waals surface area contributed by atoms with Gasteiger partial charge in [-0.15, -0.1) is 0 Å². The second kappa shape index (κ2) is 7.36. The first-order valence-corrected chi connectivity index (χ1v) is 10.7. The molecule has 2 saturated heterocycles. The Morgan fingerprint density at radius 2 is 2.08 bits per heavy atom. The zero-order chi connectivity index (χ0) is 18.9. The molecule has 7 nitrogen and oxygen atoms in total. The van der Waals surface area contributed by atoms with Gasteiger partial charge in [0.25, 0.3) is 0 Å². The minimum Gasteiger partial charge on any atom is -0.481 e. The standard InChI is InChI=1S/C16H17FN2O5S2/c17-10-3-1-4-11(7-10)19-12-8-26(23,24)9-13(12)25-16(19)18-14(20)5-2-6-15(21)22/h1,3-4,7,12-13H,2,5-6,8-9H2,(H,21,22)/t12-,13-/m0/s1. The zero-order valence-electron chi connectivity index (χ0n) is 13.7. The molecule has 2 fully saturated rings. The van der Waals surface area contributed by atoms with E-state index in [0.717, 1.165) is 0 Å². The first-order valence-electron chi connectivity index (χ1n) is 8.00. The molecule has 3 rings (SSSR count). The number of sulfone groups is 1. The average molecular weight is 400 g/mol. The number of thioether (sulfide) groups is 1. The molecule has 1 N–H and O–H groups in total. The topological polar surface area (TPSA) is 104 Å². The number of carboxylic acids is 1. The predicted molar refractivity (Wildman–Crippen MR) is 96.6 cm³/mol. The van der Waals surface area contributed by atoms with Gasteiger partial charge in [0, 0.05) is 23.8 Å². The minimum atomic E-state index is -3.19. The van der Waals surface area contributed by atoms with Gasteiger partial charge in [-0.2, -0.15) is 4.99 Å². The lowest BCUT2D eigenvalue weighted by molar-refractivity contribution is -0.137. The molecule has 0 radical (unpaired) electrons. The molecule has 0 bridgehead atoms. The highest BCUT2D eigenvalue weighted by atomic mass is 32.2. The molecule has 2 atom stereocenters. The molecule has 2 aliphatic rings. The van der Waals surface area contributed by atoms with Crippen LogP contribution < -0.4 is 4.90 Å². The van der Waals surface area contributed by atoms with E-state index in [1.807, 2.05) is 0 Å². The molecule has 0 saturated carbocycles. The Bertz CT molecular complexity index is 871. The molecule has 2 aliphatic heterocycles. The molecule has 140 valence electrons. The van der Waals surface area contributed by atoms with Gasteiger partial charge in [-0.05, 0) is 24.6 Å². The molecule has 1 aromatic rings. The number of carbonyl (C=O) groups excluding carboxylic acids is 1. The number of benzene rings is 1. The Morgan fingerprint density at radius 3 is 2.77 bits per heavy atom. The van der Waals surface area contributed by atoms with Crippen molar-refractivity contribution in [3.05, 3.63) is 30.1 Å². The van der Waals surface area contributed by atoms with Gasteiger partial charge in [0.15, 0.2) is 15.0 Å². The van der Waals surface area contributed by atoms with Crippen LogP contribution in [-0.2, 0) is 19.4 Å².